The second-order valence-electron chi connectivity index (χ2n) is 5.99. The number of hydrogen-bond donors (Lipinski definition) is 0. The lowest BCUT2D eigenvalue weighted by Gasteiger charge is -2.12. The fourth-order valence-corrected chi connectivity index (χ4v) is 2.96. The van der Waals surface area contributed by atoms with Gasteiger partial charge in [0.15, 0.2) is 11.5 Å². The third-order valence-electron chi connectivity index (χ3n) is 4.20. The van der Waals surface area contributed by atoms with E-state index in [-0.39, 0.29) is 0 Å². The molecule has 2 aromatic rings. The summed E-state index contributed by atoms with van der Waals surface area (Å²) in [5.74, 6) is 2.54. The van der Waals surface area contributed by atoms with Gasteiger partial charge in [-0.15, -0.1) is 0 Å². The Hall–Kier alpha value is -2.16. The molecule has 0 spiro atoms. The van der Waals surface area contributed by atoms with Crippen molar-refractivity contribution in [3.05, 3.63) is 53.1 Å². The van der Waals surface area contributed by atoms with E-state index in [1.54, 1.807) is 7.11 Å². The van der Waals surface area contributed by atoms with Gasteiger partial charge in [-0.3, -0.25) is 0 Å². The van der Waals surface area contributed by atoms with Gasteiger partial charge in [0.1, 0.15) is 5.75 Å². The van der Waals surface area contributed by atoms with Gasteiger partial charge in [0.2, 0.25) is 0 Å². The molecule has 1 aliphatic rings. The van der Waals surface area contributed by atoms with Crippen LogP contribution in [0.25, 0.3) is 0 Å². The van der Waals surface area contributed by atoms with Crippen molar-refractivity contribution in [3.63, 3.8) is 0 Å². The normalized spacial score (nSPS) is 12.8. The minimum atomic E-state index is 0.615. The zero-order valence-electron chi connectivity index (χ0n) is 13.9. The summed E-state index contributed by atoms with van der Waals surface area (Å²) in [7, 11) is 1.67. The van der Waals surface area contributed by atoms with E-state index in [4.69, 9.17) is 14.2 Å². The topological polar surface area (TPSA) is 27.7 Å². The Morgan fingerprint density at radius 1 is 0.870 bits per heavy atom. The molecule has 0 amide bonds. The van der Waals surface area contributed by atoms with Gasteiger partial charge >= 0.3 is 0 Å². The van der Waals surface area contributed by atoms with Crippen LogP contribution in [0.2, 0.25) is 0 Å². The number of ether oxygens (including phenoxy) is 3. The molecule has 3 heteroatoms. The van der Waals surface area contributed by atoms with Crippen molar-refractivity contribution in [1.29, 1.82) is 0 Å². The zero-order chi connectivity index (χ0) is 16.1. The van der Waals surface area contributed by atoms with E-state index >= 15 is 0 Å². The fraction of sp³-hybridized carbons (Fsp3) is 0.400. The Labute approximate surface area is 138 Å². The summed E-state index contributed by atoms with van der Waals surface area (Å²) < 4.78 is 17.0. The number of hydrogen-bond acceptors (Lipinski definition) is 3. The highest BCUT2D eigenvalue weighted by molar-refractivity contribution is 5.42. The Morgan fingerprint density at radius 2 is 1.70 bits per heavy atom. The first-order valence-corrected chi connectivity index (χ1v) is 8.28. The lowest BCUT2D eigenvalue weighted by Crippen LogP contribution is -2.06. The van der Waals surface area contributed by atoms with Crippen LogP contribution in [-0.2, 0) is 12.8 Å². The molecule has 2 aromatic carbocycles. The van der Waals surface area contributed by atoms with Crippen LogP contribution in [0, 0.1) is 6.92 Å². The SMILES string of the molecule is COc1cc(C)ccc1OCCCOc1ccc2c(c1)CCC2. The molecule has 0 saturated carbocycles. The minimum absolute atomic E-state index is 0.615. The molecular weight excluding hydrogens is 288 g/mol. The highest BCUT2D eigenvalue weighted by Crippen LogP contribution is 2.28. The molecule has 3 nitrogen and oxygen atoms in total. The van der Waals surface area contributed by atoms with Crippen LogP contribution in [0.1, 0.15) is 29.5 Å². The molecule has 0 radical (unpaired) electrons. The zero-order valence-corrected chi connectivity index (χ0v) is 13.9. The van der Waals surface area contributed by atoms with Crippen LogP contribution in [0.3, 0.4) is 0 Å². The van der Waals surface area contributed by atoms with Crippen LogP contribution in [0.15, 0.2) is 36.4 Å². The van der Waals surface area contributed by atoms with Gasteiger partial charge in [0.05, 0.1) is 20.3 Å². The van der Waals surface area contributed by atoms with E-state index in [0.717, 1.165) is 29.2 Å². The van der Waals surface area contributed by atoms with E-state index in [0.29, 0.717) is 13.2 Å². The first-order chi connectivity index (χ1) is 11.3. The number of aryl methyl sites for hydroxylation is 3. The van der Waals surface area contributed by atoms with Crippen molar-refractivity contribution in [1.82, 2.24) is 0 Å². The molecule has 0 aromatic heterocycles. The Bertz CT molecular complexity index is 664. The van der Waals surface area contributed by atoms with Gasteiger partial charge in [0.25, 0.3) is 0 Å². The fourth-order valence-electron chi connectivity index (χ4n) is 2.96. The summed E-state index contributed by atoms with van der Waals surface area (Å²) >= 11 is 0. The van der Waals surface area contributed by atoms with Gasteiger partial charge in [-0.1, -0.05) is 12.1 Å². The molecule has 0 heterocycles. The lowest BCUT2D eigenvalue weighted by atomic mass is 10.1. The second kappa shape index (κ2) is 7.40. The Balaban J connectivity index is 1.44. The maximum atomic E-state index is 5.83. The smallest absolute Gasteiger partial charge is 0.161 e. The van der Waals surface area contributed by atoms with Crippen molar-refractivity contribution in [3.8, 4) is 17.2 Å². The van der Waals surface area contributed by atoms with E-state index in [1.807, 2.05) is 25.1 Å². The maximum absolute atomic E-state index is 5.83. The number of rotatable bonds is 7. The first kappa shape index (κ1) is 15.7. The second-order valence-corrected chi connectivity index (χ2v) is 5.99. The van der Waals surface area contributed by atoms with E-state index < -0.39 is 0 Å². The summed E-state index contributed by atoms with van der Waals surface area (Å²) in [6, 6.07) is 12.4. The number of methoxy groups -OCH3 is 1. The molecule has 0 fully saturated rings. The molecule has 0 N–H and O–H groups in total. The van der Waals surface area contributed by atoms with Crippen molar-refractivity contribution < 1.29 is 14.2 Å². The predicted octanol–water partition coefficient (Wildman–Crippen LogP) is 4.34. The third kappa shape index (κ3) is 3.98. The maximum Gasteiger partial charge on any atom is 0.161 e. The molecule has 1 aliphatic carbocycles. The predicted molar refractivity (Wildman–Crippen MR) is 91.8 cm³/mol. The van der Waals surface area contributed by atoms with Gasteiger partial charge in [-0.2, -0.15) is 0 Å². The first-order valence-electron chi connectivity index (χ1n) is 8.28. The molecule has 3 rings (SSSR count). The summed E-state index contributed by atoms with van der Waals surface area (Å²) in [6.07, 6.45) is 4.50. The van der Waals surface area contributed by atoms with Crippen LogP contribution in [0.4, 0.5) is 0 Å². The standard InChI is InChI=1S/C20H24O3/c1-15-7-10-19(20(13-15)21-2)23-12-4-11-22-18-9-8-16-5-3-6-17(16)14-18/h7-10,13-14H,3-6,11-12H2,1-2H3. The highest BCUT2D eigenvalue weighted by Gasteiger charge is 2.11. The van der Waals surface area contributed by atoms with Crippen LogP contribution >= 0.6 is 0 Å². The van der Waals surface area contributed by atoms with Crippen molar-refractivity contribution in [2.24, 2.45) is 0 Å². The average Bonchev–Trinajstić information content (AvgIpc) is 3.03. The van der Waals surface area contributed by atoms with Crippen LogP contribution in [0.5, 0.6) is 17.2 Å². The van der Waals surface area contributed by atoms with E-state index in [9.17, 15) is 0 Å². The number of fused-ring (bicyclic) bond motifs is 1. The van der Waals surface area contributed by atoms with E-state index in [1.165, 1.54) is 30.4 Å². The summed E-state index contributed by atoms with van der Waals surface area (Å²) in [5, 5.41) is 0. The summed E-state index contributed by atoms with van der Waals surface area (Å²) in [5.41, 5.74) is 4.09. The lowest BCUT2D eigenvalue weighted by molar-refractivity contribution is 0.240. The third-order valence-corrected chi connectivity index (χ3v) is 4.20. The van der Waals surface area contributed by atoms with Crippen LogP contribution < -0.4 is 14.2 Å². The van der Waals surface area contributed by atoms with Gasteiger partial charge in [-0.05, 0) is 67.1 Å². The highest BCUT2D eigenvalue weighted by atomic mass is 16.5. The molecular formula is C20H24O3. The molecule has 0 atom stereocenters. The number of benzene rings is 2. The Morgan fingerprint density at radius 3 is 2.57 bits per heavy atom. The van der Waals surface area contributed by atoms with Crippen molar-refractivity contribution in [2.75, 3.05) is 20.3 Å². The van der Waals surface area contributed by atoms with E-state index in [2.05, 4.69) is 18.2 Å². The van der Waals surface area contributed by atoms with Gasteiger partial charge in [0, 0.05) is 6.42 Å². The minimum Gasteiger partial charge on any atom is -0.493 e. The molecule has 0 saturated heterocycles. The van der Waals surface area contributed by atoms with Crippen LogP contribution in [-0.4, -0.2) is 20.3 Å². The quantitative estimate of drug-likeness (QED) is 0.712. The monoisotopic (exact) mass is 312 g/mol. The molecule has 122 valence electrons. The molecule has 0 bridgehead atoms. The molecule has 0 unspecified atom stereocenters. The van der Waals surface area contributed by atoms with Crippen molar-refractivity contribution >= 4 is 0 Å². The Kier molecular flexibility index (Phi) is 5.06. The summed E-state index contributed by atoms with van der Waals surface area (Å²) in [6.45, 7) is 3.31. The van der Waals surface area contributed by atoms with Gasteiger partial charge < -0.3 is 14.2 Å². The largest absolute Gasteiger partial charge is 0.493 e. The average molecular weight is 312 g/mol. The molecule has 23 heavy (non-hydrogen) atoms. The summed E-state index contributed by atoms with van der Waals surface area (Å²) in [4.78, 5) is 0. The van der Waals surface area contributed by atoms with Gasteiger partial charge in [-0.25, -0.2) is 0 Å². The van der Waals surface area contributed by atoms with Crippen molar-refractivity contribution in [2.45, 2.75) is 32.6 Å². The molecule has 0 aliphatic heterocycles.